The topological polar surface area (TPSA) is 66.5 Å². The summed E-state index contributed by atoms with van der Waals surface area (Å²) in [4.78, 5) is 13.5. The molecule has 0 fully saturated rings. The van der Waals surface area contributed by atoms with Gasteiger partial charge < -0.3 is 5.32 Å². The molecule has 1 amide bonds. The van der Waals surface area contributed by atoms with Gasteiger partial charge >= 0.3 is 0 Å². The molecule has 0 aliphatic carbocycles. The molecule has 0 saturated heterocycles. The summed E-state index contributed by atoms with van der Waals surface area (Å²) in [5.74, 6) is -0.390. The van der Waals surface area contributed by atoms with Crippen LogP contribution in [0.4, 0.5) is 0 Å². The minimum absolute atomic E-state index is 0.0687. The van der Waals surface area contributed by atoms with Gasteiger partial charge in [0.05, 0.1) is 17.5 Å². The molecule has 178 valence electrons. The first-order valence-electron chi connectivity index (χ1n) is 11.1. The Morgan fingerprint density at radius 1 is 0.743 bits per heavy atom. The van der Waals surface area contributed by atoms with Crippen LogP contribution in [0.1, 0.15) is 22.7 Å². The lowest BCUT2D eigenvalue weighted by Gasteiger charge is -2.25. The lowest BCUT2D eigenvalue weighted by molar-refractivity contribution is -0.121. The van der Waals surface area contributed by atoms with Crippen molar-refractivity contribution in [2.45, 2.75) is 17.5 Å². The number of hydrogen-bond acceptors (Lipinski definition) is 3. The van der Waals surface area contributed by atoms with E-state index >= 15 is 0 Å². The number of amides is 1. The second-order valence-corrected chi connectivity index (χ2v) is 10.9. The normalized spacial score (nSPS) is 11.5. The van der Waals surface area contributed by atoms with Crippen molar-refractivity contribution < 1.29 is 13.2 Å². The van der Waals surface area contributed by atoms with Crippen LogP contribution in [0.25, 0.3) is 0 Å². The standard InChI is InChI=1S/C28H25BrN2O3S/c29-25-18-16-22(17-19-25)20-31(35(33,34)26-14-8-3-9-15-26)21-27(32)30-28(23-10-4-1-5-11-23)24-12-6-2-7-13-24/h1-19,28H,20-21H2,(H,30,32). The molecule has 1 N–H and O–H groups in total. The lowest BCUT2D eigenvalue weighted by atomic mass is 9.99. The minimum Gasteiger partial charge on any atom is -0.344 e. The summed E-state index contributed by atoms with van der Waals surface area (Å²) < 4.78 is 29.1. The summed E-state index contributed by atoms with van der Waals surface area (Å²) in [6.07, 6.45) is 0. The van der Waals surface area contributed by atoms with E-state index in [-0.39, 0.29) is 23.9 Å². The Hall–Kier alpha value is -3.26. The fourth-order valence-electron chi connectivity index (χ4n) is 3.78. The monoisotopic (exact) mass is 548 g/mol. The molecule has 0 spiro atoms. The molecule has 0 heterocycles. The van der Waals surface area contributed by atoms with Crippen LogP contribution in [-0.2, 0) is 21.4 Å². The van der Waals surface area contributed by atoms with Gasteiger partial charge in [-0.1, -0.05) is 107 Å². The Morgan fingerprint density at radius 3 is 1.74 bits per heavy atom. The predicted molar refractivity (Wildman–Crippen MR) is 141 cm³/mol. The Kier molecular flexibility index (Phi) is 8.13. The molecular weight excluding hydrogens is 524 g/mol. The zero-order valence-electron chi connectivity index (χ0n) is 18.9. The summed E-state index contributed by atoms with van der Waals surface area (Å²) in [5, 5.41) is 3.05. The van der Waals surface area contributed by atoms with E-state index in [1.807, 2.05) is 84.9 Å². The Labute approximate surface area is 214 Å². The molecule has 0 aliphatic heterocycles. The van der Waals surface area contributed by atoms with Gasteiger partial charge in [0.25, 0.3) is 0 Å². The molecule has 4 aromatic carbocycles. The van der Waals surface area contributed by atoms with Gasteiger partial charge in [0.15, 0.2) is 0 Å². The van der Waals surface area contributed by atoms with Gasteiger partial charge in [-0.15, -0.1) is 0 Å². The highest BCUT2D eigenvalue weighted by molar-refractivity contribution is 9.10. The number of carbonyl (C=O) groups excluding carboxylic acids is 1. The maximum Gasteiger partial charge on any atom is 0.243 e. The highest BCUT2D eigenvalue weighted by Gasteiger charge is 2.28. The summed E-state index contributed by atoms with van der Waals surface area (Å²) in [7, 11) is -3.91. The van der Waals surface area contributed by atoms with Gasteiger partial charge in [-0.05, 0) is 41.0 Å². The van der Waals surface area contributed by atoms with Crippen molar-refractivity contribution in [2.75, 3.05) is 6.54 Å². The molecule has 4 aromatic rings. The van der Waals surface area contributed by atoms with Gasteiger partial charge in [-0.25, -0.2) is 8.42 Å². The molecule has 5 nitrogen and oxygen atoms in total. The Balaban J connectivity index is 1.62. The average Bonchev–Trinajstić information content (AvgIpc) is 2.89. The highest BCUT2D eigenvalue weighted by atomic mass is 79.9. The molecule has 0 unspecified atom stereocenters. The van der Waals surface area contributed by atoms with Crippen molar-refractivity contribution in [3.8, 4) is 0 Å². The van der Waals surface area contributed by atoms with Crippen LogP contribution in [0, 0.1) is 0 Å². The maximum atomic E-state index is 13.5. The lowest BCUT2D eigenvalue weighted by Crippen LogP contribution is -2.41. The third-order valence-corrected chi connectivity index (χ3v) is 7.88. The van der Waals surface area contributed by atoms with Crippen molar-refractivity contribution in [2.24, 2.45) is 0 Å². The molecule has 0 aromatic heterocycles. The summed E-state index contributed by atoms with van der Waals surface area (Å²) in [6, 6.07) is 34.4. The van der Waals surface area contributed by atoms with E-state index in [2.05, 4.69) is 21.2 Å². The predicted octanol–water partition coefficient (Wildman–Crippen LogP) is 5.55. The molecule has 0 bridgehead atoms. The number of carbonyl (C=O) groups is 1. The maximum absolute atomic E-state index is 13.5. The first kappa shape index (κ1) is 24.9. The van der Waals surface area contributed by atoms with Crippen molar-refractivity contribution >= 4 is 31.9 Å². The van der Waals surface area contributed by atoms with Crippen LogP contribution in [0.15, 0.2) is 125 Å². The van der Waals surface area contributed by atoms with Gasteiger partial charge in [0.2, 0.25) is 15.9 Å². The molecule has 0 saturated carbocycles. The van der Waals surface area contributed by atoms with Crippen molar-refractivity contribution in [1.82, 2.24) is 9.62 Å². The summed E-state index contributed by atoms with van der Waals surface area (Å²) in [5.41, 5.74) is 2.61. The molecule has 4 rings (SSSR count). The Bertz CT molecular complexity index is 1310. The van der Waals surface area contributed by atoms with Crippen molar-refractivity contribution in [1.29, 1.82) is 0 Å². The van der Waals surface area contributed by atoms with Crippen LogP contribution >= 0.6 is 15.9 Å². The first-order valence-corrected chi connectivity index (χ1v) is 13.4. The summed E-state index contributed by atoms with van der Waals surface area (Å²) >= 11 is 3.40. The van der Waals surface area contributed by atoms with E-state index in [1.165, 1.54) is 4.31 Å². The second kappa shape index (κ2) is 11.4. The van der Waals surface area contributed by atoms with Gasteiger partial charge in [-0.3, -0.25) is 4.79 Å². The average molecular weight is 549 g/mol. The molecule has 0 aliphatic rings. The van der Waals surface area contributed by atoms with E-state index in [9.17, 15) is 13.2 Å². The number of benzene rings is 4. The van der Waals surface area contributed by atoms with E-state index in [0.717, 1.165) is 21.2 Å². The number of nitrogens with zero attached hydrogens (tertiary/aromatic N) is 1. The second-order valence-electron chi connectivity index (χ2n) is 8.03. The number of nitrogens with one attached hydrogen (secondary N) is 1. The zero-order chi connectivity index (χ0) is 24.7. The number of sulfonamides is 1. The van der Waals surface area contributed by atoms with Crippen LogP contribution in [0.5, 0.6) is 0 Å². The third-order valence-electron chi connectivity index (χ3n) is 5.54. The van der Waals surface area contributed by atoms with Gasteiger partial charge in [0.1, 0.15) is 0 Å². The quantitative estimate of drug-likeness (QED) is 0.298. The van der Waals surface area contributed by atoms with Gasteiger partial charge in [0, 0.05) is 11.0 Å². The molecule has 35 heavy (non-hydrogen) atoms. The first-order chi connectivity index (χ1) is 16.9. The fourth-order valence-corrected chi connectivity index (χ4v) is 5.45. The van der Waals surface area contributed by atoms with E-state index in [4.69, 9.17) is 0 Å². The van der Waals surface area contributed by atoms with E-state index < -0.39 is 16.1 Å². The van der Waals surface area contributed by atoms with Crippen LogP contribution < -0.4 is 5.32 Å². The van der Waals surface area contributed by atoms with Crippen molar-refractivity contribution in [3.63, 3.8) is 0 Å². The van der Waals surface area contributed by atoms with Crippen LogP contribution in [0.3, 0.4) is 0 Å². The number of hydrogen-bond donors (Lipinski definition) is 1. The number of halogens is 1. The minimum atomic E-state index is -3.91. The Morgan fingerprint density at radius 2 is 1.23 bits per heavy atom. The van der Waals surface area contributed by atoms with E-state index in [1.54, 1.807) is 30.3 Å². The SMILES string of the molecule is O=C(CN(Cc1ccc(Br)cc1)S(=O)(=O)c1ccccc1)NC(c1ccccc1)c1ccccc1. The van der Waals surface area contributed by atoms with E-state index in [0.29, 0.717) is 0 Å². The van der Waals surface area contributed by atoms with Gasteiger partial charge in [-0.2, -0.15) is 4.31 Å². The molecule has 7 heteroatoms. The van der Waals surface area contributed by atoms with Crippen LogP contribution in [0.2, 0.25) is 0 Å². The highest BCUT2D eigenvalue weighted by Crippen LogP contribution is 2.23. The molecule has 0 radical (unpaired) electrons. The molecular formula is C28H25BrN2O3S. The largest absolute Gasteiger partial charge is 0.344 e. The summed E-state index contributed by atoms with van der Waals surface area (Å²) in [6.45, 7) is -0.247. The smallest absolute Gasteiger partial charge is 0.243 e. The van der Waals surface area contributed by atoms with Crippen molar-refractivity contribution in [3.05, 3.63) is 136 Å². The third kappa shape index (κ3) is 6.45. The fraction of sp³-hybridized carbons (Fsp3) is 0.107. The molecule has 0 atom stereocenters. The number of rotatable bonds is 9. The van der Waals surface area contributed by atoms with Crippen LogP contribution in [-0.4, -0.2) is 25.2 Å². The zero-order valence-corrected chi connectivity index (χ0v) is 21.3.